The zero-order chi connectivity index (χ0) is 24.0. The number of aliphatic hydroxyl groups excluding tert-OH is 2. The summed E-state index contributed by atoms with van der Waals surface area (Å²) in [6.45, 7) is 0.733. The largest absolute Gasteiger partial charge is 0.397 e. The van der Waals surface area contributed by atoms with E-state index in [9.17, 15) is 18.6 Å². The number of nitrogens with one attached hydrogen (secondary N) is 2. The van der Waals surface area contributed by atoms with E-state index >= 15 is 0 Å². The minimum Gasteiger partial charge on any atom is -0.397 e. The van der Waals surface area contributed by atoms with Gasteiger partial charge in [0.2, 0.25) is 0 Å². The average Bonchev–Trinajstić information content (AvgIpc) is 2.77. The van der Waals surface area contributed by atoms with E-state index in [1.165, 1.54) is 30.3 Å². The fourth-order valence-corrected chi connectivity index (χ4v) is 3.64. The number of hydrogen-bond acceptors (Lipinski definition) is 9. The molecular formula is C22H25N5O5S. The Morgan fingerprint density at radius 1 is 0.970 bits per heavy atom. The van der Waals surface area contributed by atoms with Crippen molar-refractivity contribution in [2.75, 3.05) is 36.5 Å². The van der Waals surface area contributed by atoms with Crippen molar-refractivity contribution in [1.29, 1.82) is 5.41 Å². The molecule has 11 heteroatoms. The van der Waals surface area contributed by atoms with Gasteiger partial charge in [-0.05, 0) is 60.7 Å². The summed E-state index contributed by atoms with van der Waals surface area (Å²) < 4.78 is 31.5. The molecule has 3 rings (SSSR count). The highest BCUT2D eigenvalue weighted by atomic mass is 32.2. The van der Waals surface area contributed by atoms with Crippen molar-refractivity contribution in [2.45, 2.75) is 4.90 Å². The number of anilines is 2. The second-order valence-electron chi connectivity index (χ2n) is 7.14. The van der Waals surface area contributed by atoms with Gasteiger partial charge in [0.1, 0.15) is 0 Å². The molecule has 0 radical (unpaired) electrons. The van der Waals surface area contributed by atoms with Crippen LogP contribution in [-0.4, -0.2) is 60.9 Å². The Hall–Kier alpha value is -3.51. The Morgan fingerprint density at radius 3 is 2.12 bits per heavy atom. The summed E-state index contributed by atoms with van der Waals surface area (Å²) in [4.78, 5) is 6.16. The Morgan fingerprint density at radius 2 is 1.58 bits per heavy atom. The number of nitrogens with zero attached hydrogens (tertiary/aromatic N) is 2. The molecule has 2 aromatic rings. The third kappa shape index (κ3) is 6.26. The summed E-state index contributed by atoms with van der Waals surface area (Å²) in [6, 6.07) is 12.7. The second kappa shape index (κ2) is 10.4. The van der Waals surface area contributed by atoms with E-state index in [1.807, 2.05) is 17.0 Å². The van der Waals surface area contributed by atoms with E-state index in [0.717, 1.165) is 5.69 Å². The van der Waals surface area contributed by atoms with E-state index in [2.05, 4.69) is 10.3 Å². The fourth-order valence-electron chi connectivity index (χ4n) is 3.16. The van der Waals surface area contributed by atoms with E-state index in [1.54, 1.807) is 18.2 Å². The number of aliphatic hydroxyl groups is 2. The Bertz CT molecular complexity index is 1200. The van der Waals surface area contributed by atoms with Crippen LogP contribution in [0, 0.1) is 5.41 Å². The second-order valence-corrected chi connectivity index (χ2v) is 8.57. The lowest BCUT2D eigenvalue weighted by Crippen LogP contribution is -2.29. The van der Waals surface area contributed by atoms with Gasteiger partial charge >= 0.3 is 0 Å². The molecular weight excluding hydrogens is 446 g/mol. The maximum Gasteiger partial charge on any atom is 0.294 e. The Kier molecular flexibility index (Phi) is 7.61. The van der Waals surface area contributed by atoms with Gasteiger partial charge in [-0.15, -0.1) is 0 Å². The van der Waals surface area contributed by atoms with Gasteiger partial charge in [0.05, 0.1) is 46.6 Å². The zero-order valence-corrected chi connectivity index (χ0v) is 18.5. The highest BCUT2D eigenvalue weighted by Crippen LogP contribution is 2.23. The van der Waals surface area contributed by atoms with Crippen molar-refractivity contribution in [2.24, 2.45) is 10.7 Å². The molecule has 0 atom stereocenters. The van der Waals surface area contributed by atoms with Crippen LogP contribution in [0.5, 0.6) is 0 Å². The van der Waals surface area contributed by atoms with Crippen molar-refractivity contribution in [3.8, 4) is 0 Å². The summed E-state index contributed by atoms with van der Waals surface area (Å²) in [5.74, 6) is 0. The fraction of sp³-hybridized carbons (Fsp3) is 0.182. The van der Waals surface area contributed by atoms with Crippen LogP contribution >= 0.6 is 0 Å². The first-order valence-electron chi connectivity index (χ1n) is 9.99. The van der Waals surface area contributed by atoms with Crippen LogP contribution in [0.15, 0.2) is 82.0 Å². The summed E-state index contributed by atoms with van der Waals surface area (Å²) >= 11 is 0. The third-order valence-electron chi connectivity index (χ3n) is 4.80. The molecule has 0 spiro atoms. The van der Waals surface area contributed by atoms with Crippen molar-refractivity contribution in [3.05, 3.63) is 72.1 Å². The van der Waals surface area contributed by atoms with Crippen molar-refractivity contribution in [1.82, 2.24) is 0 Å². The number of rotatable bonds is 9. The lowest BCUT2D eigenvalue weighted by atomic mass is 10.0. The third-order valence-corrected chi connectivity index (χ3v) is 5.67. The average molecular weight is 472 g/mol. The van der Waals surface area contributed by atoms with Gasteiger partial charge in [0.25, 0.3) is 10.1 Å². The monoisotopic (exact) mass is 471 g/mol. The van der Waals surface area contributed by atoms with Crippen molar-refractivity contribution in [3.63, 3.8) is 0 Å². The van der Waals surface area contributed by atoms with Gasteiger partial charge in [0.15, 0.2) is 0 Å². The smallest absolute Gasteiger partial charge is 0.294 e. The minimum atomic E-state index is -4.29. The van der Waals surface area contributed by atoms with Gasteiger partial charge in [-0.3, -0.25) is 9.96 Å². The maximum atomic E-state index is 11.2. The minimum absolute atomic E-state index is 0.0313. The number of hydrogen-bond donors (Lipinski definition) is 6. The molecule has 0 saturated heterocycles. The summed E-state index contributed by atoms with van der Waals surface area (Å²) in [7, 11) is -4.29. The standard InChI is InChI=1S/C22H25N5O5S/c23-19-13-20(24)22(26-16-3-7-18(8-4-16)33(30,31)32)14-21(19)25-15-1-5-17(6-2-15)27(9-11-28)10-12-29/h1-8,13-14,24,26,28-29H,9-12,23H2,(H,30,31,32). The molecule has 0 amide bonds. The molecule has 174 valence electrons. The quantitative estimate of drug-likeness (QED) is 0.237. The Balaban J connectivity index is 1.82. The number of nitrogens with two attached hydrogens (primary N) is 1. The molecule has 0 aliphatic heterocycles. The first kappa shape index (κ1) is 24.1. The molecule has 33 heavy (non-hydrogen) atoms. The first-order chi connectivity index (χ1) is 15.7. The van der Waals surface area contributed by atoms with Crippen LogP contribution in [0.4, 0.5) is 17.1 Å². The predicted molar refractivity (Wildman–Crippen MR) is 128 cm³/mol. The highest BCUT2D eigenvalue weighted by molar-refractivity contribution is 7.85. The SMILES string of the molecule is N=C1C=C(N)C(=Nc2ccc(N(CCO)CCO)cc2)C=C1Nc1ccc(S(=O)(=O)O)cc1. The highest BCUT2D eigenvalue weighted by Gasteiger charge is 2.16. The molecule has 0 heterocycles. The lowest BCUT2D eigenvalue weighted by Gasteiger charge is -2.23. The molecule has 1 aliphatic carbocycles. The van der Waals surface area contributed by atoms with Crippen LogP contribution in [0.3, 0.4) is 0 Å². The number of benzene rings is 2. The first-order valence-corrected chi connectivity index (χ1v) is 11.4. The molecule has 0 aromatic heterocycles. The van der Waals surface area contributed by atoms with Crippen molar-refractivity contribution < 1.29 is 23.2 Å². The molecule has 1 aliphatic rings. The molecule has 7 N–H and O–H groups in total. The predicted octanol–water partition coefficient (Wildman–Crippen LogP) is 1.67. The molecule has 0 fully saturated rings. The van der Waals surface area contributed by atoms with Crippen LogP contribution < -0.4 is 16.0 Å². The van der Waals surface area contributed by atoms with Gasteiger partial charge in [-0.1, -0.05) is 0 Å². The van der Waals surface area contributed by atoms with Gasteiger partial charge in [0, 0.05) is 24.5 Å². The number of allylic oxidation sites excluding steroid dienone is 2. The van der Waals surface area contributed by atoms with E-state index in [0.29, 0.717) is 41.6 Å². The van der Waals surface area contributed by atoms with Gasteiger partial charge < -0.3 is 26.2 Å². The summed E-state index contributed by atoms with van der Waals surface area (Å²) in [6.07, 6.45) is 3.08. The zero-order valence-electron chi connectivity index (χ0n) is 17.6. The molecule has 0 saturated carbocycles. The van der Waals surface area contributed by atoms with Crippen LogP contribution in [0.1, 0.15) is 0 Å². The summed E-state index contributed by atoms with van der Waals surface area (Å²) in [5, 5.41) is 29.6. The molecule has 2 aromatic carbocycles. The van der Waals surface area contributed by atoms with Crippen molar-refractivity contribution >= 4 is 38.6 Å². The van der Waals surface area contributed by atoms with E-state index in [-0.39, 0.29) is 23.8 Å². The van der Waals surface area contributed by atoms with Crippen LogP contribution in [-0.2, 0) is 10.1 Å². The number of aliphatic imine (C=N–C) groups is 1. The molecule has 0 bridgehead atoms. The maximum absolute atomic E-state index is 11.2. The molecule has 10 nitrogen and oxygen atoms in total. The van der Waals surface area contributed by atoms with E-state index in [4.69, 9.17) is 15.7 Å². The van der Waals surface area contributed by atoms with Crippen LogP contribution in [0.2, 0.25) is 0 Å². The summed E-state index contributed by atoms with van der Waals surface area (Å²) in [5.41, 5.74) is 9.34. The topological polar surface area (TPSA) is 172 Å². The lowest BCUT2D eigenvalue weighted by molar-refractivity contribution is 0.281. The van der Waals surface area contributed by atoms with Gasteiger partial charge in [-0.25, -0.2) is 4.99 Å². The van der Waals surface area contributed by atoms with E-state index < -0.39 is 10.1 Å². The molecule has 0 unspecified atom stereocenters. The Labute approximate surface area is 191 Å². The van der Waals surface area contributed by atoms with Crippen LogP contribution in [0.25, 0.3) is 0 Å². The van der Waals surface area contributed by atoms with Gasteiger partial charge in [-0.2, -0.15) is 8.42 Å². The normalized spacial score (nSPS) is 15.2.